The zero-order valence-corrected chi connectivity index (χ0v) is 16.3. The van der Waals surface area contributed by atoms with Gasteiger partial charge in [0.2, 0.25) is 0 Å². The normalized spacial score (nSPS) is 12.7. The SMILES string of the molecule is CCN(CC)C(=O)c1cc(N2CCc3ccccc32)nc(-c2ccccc2)n1. The van der Waals surface area contributed by atoms with Crippen LogP contribution < -0.4 is 4.90 Å². The van der Waals surface area contributed by atoms with E-state index < -0.39 is 0 Å². The summed E-state index contributed by atoms with van der Waals surface area (Å²) in [7, 11) is 0. The number of rotatable bonds is 5. The Kier molecular flexibility index (Phi) is 5.06. The summed E-state index contributed by atoms with van der Waals surface area (Å²) in [6.07, 6.45) is 0.972. The molecular weight excluding hydrogens is 348 g/mol. The first-order chi connectivity index (χ1) is 13.7. The molecule has 5 nitrogen and oxygen atoms in total. The third kappa shape index (κ3) is 3.36. The highest BCUT2D eigenvalue weighted by atomic mass is 16.2. The fourth-order valence-electron chi connectivity index (χ4n) is 3.65. The van der Waals surface area contributed by atoms with Crippen molar-refractivity contribution in [1.82, 2.24) is 14.9 Å². The van der Waals surface area contributed by atoms with Gasteiger partial charge in [0, 0.05) is 37.0 Å². The van der Waals surface area contributed by atoms with E-state index in [0.717, 1.165) is 30.0 Å². The molecule has 0 atom stereocenters. The lowest BCUT2D eigenvalue weighted by molar-refractivity contribution is 0.0767. The van der Waals surface area contributed by atoms with Gasteiger partial charge in [0.15, 0.2) is 5.82 Å². The smallest absolute Gasteiger partial charge is 0.272 e. The number of para-hydroxylation sites is 1. The molecule has 4 rings (SSSR count). The molecule has 1 aliphatic heterocycles. The molecule has 142 valence electrons. The standard InChI is InChI=1S/C23H24N4O/c1-3-26(4-2)23(28)19-16-21(25-22(24-19)18-11-6-5-7-12-18)27-15-14-17-10-8-9-13-20(17)27/h5-13,16H,3-4,14-15H2,1-2H3. The van der Waals surface area contributed by atoms with Crippen LogP contribution in [0.2, 0.25) is 0 Å². The molecule has 3 aromatic rings. The molecule has 5 heteroatoms. The van der Waals surface area contributed by atoms with Crippen LogP contribution in [-0.2, 0) is 6.42 Å². The van der Waals surface area contributed by atoms with E-state index in [1.165, 1.54) is 5.56 Å². The first-order valence-corrected chi connectivity index (χ1v) is 9.80. The summed E-state index contributed by atoms with van der Waals surface area (Å²) in [5, 5.41) is 0. The van der Waals surface area contributed by atoms with Gasteiger partial charge in [0.25, 0.3) is 5.91 Å². The van der Waals surface area contributed by atoms with Crippen molar-refractivity contribution in [3.63, 3.8) is 0 Å². The molecule has 0 radical (unpaired) electrons. The first-order valence-electron chi connectivity index (χ1n) is 9.80. The molecule has 2 heterocycles. The second kappa shape index (κ2) is 7.80. The van der Waals surface area contributed by atoms with E-state index in [2.05, 4.69) is 28.1 Å². The topological polar surface area (TPSA) is 49.3 Å². The Morgan fingerprint density at radius 3 is 2.46 bits per heavy atom. The highest BCUT2D eigenvalue weighted by Crippen LogP contribution is 2.34. The summed E-state index contributed by atoms with van der Waals surface area (Å²) in [6.45, 7) is 6.13. The van der Waals surface area contributed by atoms with Crippen molar-refractivity contribution >= 4 is 17.4 Å². The number of hydrogen-bond donors (Lipinski definition) is 0. The minimum absolute atomic E-state index is 0.0571. The van der Waals surface area contributed by atoms with Crippen molar-refractivity contribution in [2.75, 3.05) is 24.5 Å². The molecular formula is C23H24N4O. The van der Waals surface area contributed by atoms with Crippen LogP contribution in [0.4, 0.5) is 11.5 Å². The average molecular weight is 372 g/mol. The van der Waals surface area contributed by atoms with Gasteiger partial charge in [-0.3, -0.25) is 4.79 Å². The lowest BCUT2D eigenvalue weighted by Gasteiger charge is -2.22. The highest BCUT2D eigenvalue weighted by Gasteiger charge is 2.24. The van der Waals surface area contributed by atoms with Crippen molar-refractivity contribution in [2.24, 2.45) is 0 Å². The summed E-state index contributed by atoms with van der Waals surface area (Å²) < 4.78 is 0. The molecule has 0 aliphatic carbocycles. The monoisotopic (exact) mass is 372 g/mol. The Balaban J connectivity index is 1.82. The Bertz CT molecular complexity index is 983. The van der Waals surface area contributed by atoms with Gasteiger partial charge in [-0.15, -0.1) is 0 Å². The van der Waals surface area contributed by atoms with E-state index in [1.54, 1.807) is 4.90 Å². The zero-order valence-electron chi connectivity index (χ0n) is 16.3. The fourth-order valence-corrected chi connectivity index (χ4v) is 3.65. The predicted octanol–water partition coefficient (Wildman–Crippen LogP) is 4.32. The van der Waals surface area contributed by atoms with E-state index in [0.29, 0.717) is 24.6 Å². The lowest BCUT2D eigenvalue weighted by Crippen LogP contribution is -2.31. The summed E-state index contributed by atoms with van der Waals surface area (Å²) in [4.78, 5) is 26.4. The van der Waals surface area contributed by atoms with Gasteiger partial charge in [-0.2, -0.15) is 0 Å². The summed E-state index contributed by atoms with van der Waals surface area (Å²) in [5.74, 6) is 1.30. The number of carbonyl (C=O) groups is 1. The van der Waals surface area contributed by atoms with E-state index in [9.17, 15) is 4.79 Å². The van der Waals surface area contributed by atoms with E-state index in [4.69, 9.17) is 4.98 Å². The molecule has 0 bridgehead atoms. The van der Waals surface area contributed by atoms with Crippen molar-refractivity contribution in [3.05, 3.63) is 71.9 Å². The van der Waals surface area contributed by atoms with Crippen LogP contribution in [0, 0.1) is 0 Å². The lowest BCUT2D eigenvalue weighted by atomic mass is 10.2. The van der Waals surface area contributed by atoms with Crippen molar-refractivity contribution in [3.8, 4) is 11.4 Å². The van der Waals surface area contributed by atoms with Crippen molar-refractivity contribution in [2.45, 2.75) is 20.3 Å². The molecule has 0 saturated carbocycles. The second-order valence-corrected chi connectivity index (χ2v) is 6.81. The van der Waals surface area contributed by atoms with E-state index >= 15 is 0 Å². The first kappa shape index (κ1) is 18.2. The van der Waals surface area contributed by atoms with Gasteiger partial charge in [-0.1, -0.05) is 48.5 Å². The summed E-state index contributed by atoms with van der Waals surface area (Å²) >= 11 is 0. The maximum absolute atomic E-state index is 13.0. The minimum atomic E-state index is -0.0571. The molecule has 0 spiro atoms. The van der Waals surface area contributed by atoms with Gasteiger partial charge >= 0.3 is 0 Å². The maximum atomic E-state index is 13.0. The van der Waals surface area contributed by atoms with Crippen LogP contribution >= 0.6 is 0 Å². The largest absolute Gasteiger partial charge is 0.338 e. The molecule has 1 aliphatic rings. The number of fused-ring (bicyclic) bond motifs is 1. The van der Waals surface area contributed by atoms with Crippen LogP contribution in [0.3, 0.4) is 0 Å². The molecule has 0 N–H and O–H groups in total. The van der Waals surface area contributed by atoms with Gasteiger partial charge in [0.05, 0.1) is 0 Å². The number of hydrogen-bond acceptors (Lipinski definition) is 4. The summed E-state index contributed by atoms with van der Waals surface area (Å²) in [5.41, 5.74) is 3.81. The third-order valence-electron chi connectivity index (χ3n) is 5.18. The number of amides is 1. The number of carbonyl (C=O) groups excluding carboxylic acids is 1. The fraction of sp³-hybridized carbons (Fsp3) is 0.261. The van der Waals surface area contributed by atoms with Crippen molar-refractivity contribution in [1.29, 1.82) is 0 Å². The van der Waals surface area contributed by atoms with Crippen molar-refractivity contribution < 1.29 is 4.79 Å². The summed E-state index contributed by atoms with van der Waals surface area (Å²) in [6, 6.07) is 20.0. The Labute approximate surface area is 165 Å². The van der Waals surface area contributed by atoms with Crippen LogP contribution in [-0.4, -0.2) is 40.4 Å². The minimum Gasteiger partial charge on any atom is -0.338 e. The maximum Gasteiger partial charge on any atom is 0.272 e. The predicted molar refractivity (Wildman–Crippen MR) is 112 cm³/mol. The zero-order chi connectivity index (χ0) is 19.5. The molecule has 1 amide bonds. The highest BCUT2D eigenvalue weighted by molar-refractivity contribution is 5.94. The van der Waals surface area contributed by atoms with E-state index in [1.807, 2.05) is 56.3 Å². The molecule has 2 aromatic carbocycles. The van der Waals surface area contributed by atoms with Crippen LogP contribution in [0.5, 0.6) is 0 Å². The quantitative estimate of drug-likeness (QED) is 0.669. The van der Waals surface area contributed by atoms with Gasteiger partial charge in [-0.25, -0.2) is 9.97 Å². The second-order valence-electron chi connectivity index (χ2n) is 6.81. The molecule has 0 fully saturated rings. The Morgan fingerprint density at radius 2 is 1.71 bits per heavy atom. The average Bonchev–Trinajstić information content (AvgIpc) is 3.19. The number of nitrogens with zero attached hydrogens (tertiary/aromatic N) is 4. The van der Waals surface area contributed by atoms with Crippen LogP contribution in [0.25, 0.3) is 11.4 Å². The molecule has 28 heavy (non-hydrogen) atoms. The number of anilines is 2. The van der Waals surface area contributed by atoms with Crippen LogP contribution in [0.15, 0.2) is 60.7 Å². The number of aromatic nitrogens is 2. The van der Waals surface area contributed by atoms with E-state index in [-0.39, 0.29) is 5.91 Å². The molecule has 0 saturated heterocycles. The Hall–Kier alpha value is -3.21. The van der Waals surface area contributed by atoms with Gasteiger partial charge < -0.3 is 9.80 Å². The molecule has 0 unspecified atom stereocenters. The van der Waals surface area contributed by atoms with Gasteiger partial charge in [-0.05, 0) is 31.9 Å². The number of benzene rings is 2. The van der Waals surface area contributed by atoms with Crippen LogP contribution in [0.1, 0.15) is 29.9 Å². The third-order valence-corrected chi connectivity index (χ3v) is 5.18. The molecule has 1 aromatic heterocycles. The van der Waals surface area contributed by atoms with Gasteiger partial charge in [0.1, 0.15) is 11.5 Å². The Morgan fingerprint density at radius 1 is 1.00 bits per heavy atom.